The van der Waals surface area contributed by atoms with Crippen molar-refractivity contribution >= 4 is 5.91 Å². The van der Waals surface area contributed by atoms with Crippen LogP contribution in [0.25, 0.3) is 11.5 Å². The fraction of sp³-hybridized carbons (Fsp3) is 0.400. The van der Waals surface area contributed by atoms with Crippen molar-refractivity contribution in [3.8, 4) is 17.3 Å². The molecule has 0 fully saturated rings. The number of ether oxygens (including phenoxy) is 1. The molecule has 2 aromatic heterocycles. The molecule has 1 N–H and O–H groups in total. The Labute approximate surface area is 192 Å². The normalized spacial score (nSPS) is 16.7. The van der Waals surface area contributed by atoms with Crippen LogP contribution in [0, 0.1) is 18.2 Å². The van der Waals surface area contributed by atoms with Crippen LogP contribution in [0.15, 0.2) is 42.9 Å². The topological polar surface area (TPSA) is 89.9 Å². The van der Waals surface area contributed by atoms with E-state index in [1.807, 2.05) is 6.92 Å². The maximum Gasteiger partial charge on any atom is 0.220 e. The lowest BCUT2D eigenvalue weighted by Crippen LogP contribution is -2.37. The maximum atomic E-state index is 13.6. The molecule has 1 aliphatic carbocycles. The third-order valence-corrected chi connectivity index (χ3v) is 5.67. The first-order chi connectivity index (χ1) is 15.8. The number of nitrogens with zero attached hydrogens (tertiary/aromatic N) is 4. The summed E-state index contributed by atoms with van der Waals surface area (Å²) in [6.45, 7) is 6.49. The molecule has 1 aromatic carbocycles. The Hall–Kier alpha value is -3.42. The summed E-state index contributed by atoms with van der Waals surface area (Å²) in [4.78, 5) is 30.5. The molecular weight excluding hydrogens is 421 g/mol. The predicted molar refractivity (Wildman–Crippen MR) is 122 cm³/mol. The number of aryl methyl sites for hydroxylation is 1. The largest absolute Gasteiger partial charge is 0.491 e. The van der Waals surface area contributed by atoms with E-state index in [0.717, 1.165) is 29.8 Å². The molecule has 0 saturated carbocycles. The Morgan fingerprint density at radius 1 is 1.18 bits per heavy atom. The minimum atomic E-state index is -0.404. The second kappa shape index (κ2) is 9.60. The molecule has 7 nitrogen and oxygen atoms in total. The average molecular weight is 450 g/mol. The molecule has 1 aliphatic rings. The summed E-state index contributed by atoms with van der Waals surface area (Å²) in [6, 6.07) is 6.09. The summed E-state index contributed by atoms with van der Waals surface area (Å²) in [5, 5.41) is 3.13. The summed E-state index contributed by atoms with van der Waals surface area (Å²) < 4.78 is 19.1. The van der Waals surface area contributed by atoms with Gasteiger partial charge in [0, 0.05) is 24.4 Å². The third-order valence-electron chi connectivity index (χ3n) is 5.67. The van der Waals surface area contributed by atoms with Gasteiger partial charge in [0.05, 0.1) is 30.2 Å². The lowest BCUT2D eigenvalue weighted by atomic mass is 9.74. The molecule has 2 heterocycles. The molecule has 0 saturated heterocycles. The number of amides is 1. The van der Waals surface area contributed by atoms with Gasteiger partial charge >= 0.3 is 0 Å². The van der Waals surface area contributed by atoms with Gasteiger partial charge in [-0.25, -0.2) is 19.3 Å². The number of halogens is 1. The van der Waals surface area contributed by atoms with Crippen LogP contribution in [-0.2, 0) is 11.2 Å². The van der Waals surface area contributed by atoms with Crippen LogP contribution in [0.1, 0.15) is 56.1 Å². The van der Waals surface area contributed by atoms with E-state index in [1.165, 1.54) is 6.07 Å². The zero-order chi connectivity index (χ0) is 23.4. The number of carbonyl (C=O) groups excluding carboxylic acids is 1. The first-order valence-corrected chi connectivity index (χ1v) is 11.1. The monoisotopic (exact) mass is 449 g/mol. The number of nitrogens with one attached hydrogen (secondary N) is 1. The first-order valence-electron chi connectivity index (χ1n) is 11.1. The quantitative estimate of drug-likeness (QED) is 0.539. The van der Waals surface area contributed by atoms with Crippen LogP contribution >= 0.6 is 0 Å². The van der Waals surface area contributed by atoms with Gasteiger partial charge in [0.2, 0.25) is 5.91 Å². The SMILES string of the molecule is Cc1cnc(-c2ncc3c(n2)CC(C)(C)CC3NC(=O)CCCOc2ccccc2F)cn1. The van der Waals surface area contributed by atoms with E-state index in [1.54, 1.807) is 36.8 Å². The van der Waals surface area contributed by atoms with Crippen LogP contribution in [0.2, 0.25) is 0 Å². The smallest absolute Gasteiger partial charge is 0.220 e. The Morgan fingerprint density at radius 2 is 2.00 bits per heavy atom. The first kappa shape index (κ1) is 22.8. The number of hydrogen-bond donors (Lipinski definition) is 1. The fourth-order valence-electron chi connectivity index (χ4n) is 4.05. The van der Waals surface area contributed by atoms with Gasteiger partial charge in [-0.1, -0.05) is 26.0 Å². The Kier molecular flexibility index (Phi) is 6.62. The number of carbonyl (C=O) groups is 1. The molecule has 1 unspecified atom stereocenters. The van der Waals surface area contributed by atoms with Crippen molar-refractivity contribution in [3.63, 3.8) is 0 Å². The van der Waals surface area contributed by atoms with E-state index in [9.17, 15) is 9.18 Å². The zero-order valence-corrected chi connectivity index (χ0v) is 19.1. The van der Waals surface area contributed by atoms with Gasteiger partial charge in [-0.3, -0.25) is 9.78 Å². The Bertz CT molecular complexity index is 1130. The fourth-order valence-corrected chi connectivity index (χ4v) is 4.05. The molecule has 1 atom stereocenters. The highest BCUT2D eigenvalue weighted by Crippen LogP contribution is 2.40. The number of fused-ring (bicyclic) bond motifs is 1. The summed E-state index contributed by atoms with van der Waals surface area (Å²) >= 11 is 0. The molecule has 8 heteroatoms. The van der Waals surface area contributed by atoms with Crippen molar-refractivity contribution in [2.75, 3.05) is 6.61 Å². The lowest BCUT2D eigenvalue weighted by molar-refractivity contribution is -0.122. The van der Waals surface area contributed by atoms with Crippen molar-refractivity contribution in [1.82, 2.24) is 25.3 Å². The van der Waals surface area contributed by atoms with Crippen molar-refractivity contribution in [2.24, 2.45) is 5.41 Å². The van der Waals surface area contributed by atoms with Crippen molar-refractivity contribution < 1.29 is 13.9 Å². The highest BCUT2D eigenvalue weighted by Gasteiger charge is 2.34. The van der Waals surface area contributed by atoms with Gasteiger partial charge in [0.25, 0.3) is 0 Å². The van der Waals surface area contributed by atoms with E-state index in [0.29, 0.717) is 24.4 Å². The number of aromatic nitrogens is 4. The second-order valence-electron chi connectivity index (χ2n) is 9.19. The molecule has 4 rings (SSSR count). The van der Waals surface area contributed by atoms with Gasteiger partial charge < -0.3 is 10.1 Å². The van der Waals surface area contributed by atoms with Crippen LogP contribution < -0.4 is 10.1 Å². The van der Waals surface area contributed by atoms with Gasteiger partial charge in [0.1, 0.15) is 5.69 Å². The van der Waals surface area contributed by atoms with Crippen molar-refractivity contribution in [1.29, 1.82) is 0 Å². The van der Waals surface area contributed by atoms with Crippen molar-refractivity contribution in [2.45, 2.75) is 52.5 Å². The van der Waals surface area contributed by atoms with Gasteiger partial charge in [-0.15, -0.1) is 0 Å². The van der Waals surface area contributed by atoms with Crippen LogP contribution in [0.5, 0.6) is 5.75 Å². The third kappa shape index (κ3) is 5.69. The van der Waals surface area contributed by atoms with E-state index < -0.39 is 5.82 Å². The molecule has 0 radical (unpaired) electrons. The van der Waals surface area contributed by atoms with Crippen molar-refractivity contribution in [3.05, 3.63) is 65.6 Å². The average Bonchev–Trinajstić information content (AvgIpc) is 2.77. The summed E-state index contributed by atoms with van der Waals surface area (Å²) in [6.07, 6.45) is 7.53. The summed E-state index contributed by atoms with van der Waals surface area (Å²) in [7, 11) is 0. The molecule has 33 heavy (non-hydrogen) atoms. The highest BCUT2D eigenvalue weighted by atomic mass is 19.1. The van der Waals surface area contributed by atoms with E-state index in [-0.39, 0.29) is 29.7 Å². The molecule has 3 aromatic rings. The summed E-state index contributed by atoms with van der Waals surface area (Å²) in [5.74, 6) is 0.259. The van der Waals surface area contributed by atoms with E-state index in [4.69, 9.17) is 9.72 Å². The van der Waals surface area contributed by atoms with E-state index in [2.05, 4.69) is 34.1 Å². The molecule has 0 bridgehead atoms. The predicted octanol–water partition coefficient (Wildman–Crippen LogP) is 4.37. The summed E-state index contributed by atoms with van der Waals surface area (Å²) in [5.41, 5.74) is 3.30. The number of para-hydroxylation sites is 1. The highest BCUT2D eigenvalue weighted by molar-refractivity contribution is 5.76. The standard InChI is InChI=1S/C25H28FN5O2/c1-16-13-28-21(15-27-16)24-29-14-17-19(11-25(2,3)12-20(17)31-24)30-23(32)9-6-10-33-22-8-5-4-7-18(22)26/h4-5,7-8,13-15,19H,6,9-12H2,1-3H3,(H,30,32). The number of benzene rings is 1. The molecular formula is C25H28FN5O2. The second-order valence-corrected chi connectivity index (χ2v) is 9.19. The minimum Gasteiger partial charge on any atom is -0.491 e. The molecule has 172 valence electrons. The Balaban J connectivity index is 1.40. The van der Waals surface area contributed by atoms with Gasteiger partial charge in [-0.05, 0) is 43.7 Å². The molecule has 0 spiro atoms. The number of rotatable bonds is 7. The van der Waals surface area contributed by atoms with Gasteiger partial charge in [-0.2, -0.15) is 0 Å². The molecule has 0 aliphatic heterocycles. The van der Waals surface area contributed by atoms with Gasteiger partial charge in [0.15, 0.2) is 17.4 Å². The lowest BCUT2D eigenvalue weighted by Gasteiger charge is -2.36. The maximum absolute atomic E-state index is 13.6. The van der Waals surface area contributed by atoms with E-state index >= 15 is 0 Å². The number of hydrogen-bond acceptors (Lipinski definition) is 6. The minimum absolute atomic E-state index is 0.0243. The van der Waals surface area contributed by atoms with Crippen LogP contribution in [0.3, 0.4) is 0 Å². The molecule has 1 amide bonds. The Morgan fingerprint density at radius 3 is 2.76 bits per heavy atom. The zero-order valence-electron chi connectivity index (χ0n) is 19.1. The van der Waals surface area contributed by atoms with Crippen LogP contribution in [-0.4, -0.2) is 32.4 Å². The van der Waals surface area contributed by atoms with Crippen LogP contribution in [0.4, 0.5) is 4.39 Å².